The van der Waals surface area contributed by atoms with E-state index in [4.69, 9.17) is 5.73 Å². The van der Waals surface area contributed by atoms with E-state index < -0.39 is 0 Å². The highest BCUT2D eigenvalue weighted by atomic mass is 15.2. The lowest BCUT2D eigenvalue weighted by atomic mass is 9.71. The Morgan fingerprint density at radius 3 is 2.22 bits per heavy atom. The van der Waals surface area contributed by atoms with Gasteiger partial charge in [-0.2, -0.15) is 0 Å². The minimum Gasteiger partial charge on any atom is -0.329 e. The zero-order valence-corrected chi connectivity index (χ0v) is 12.6. The molecule has 1 atom stereocenters. The first-order valence-electron chi connectivity index (χ1n) is 7.98. The van der Waals surface area contributed by atoms with Crippen molar-refractivity contribution in [1.82, 2.24) is 4.90 Å². The molecule has 0 aromatic heterocycles. The van der Waals surface area contributed by atoms with Crippen LogP contribution in [-0.2, 0) is 0 Å². The Kier molecular flexibility index (Phi) is 4.71. The molecular weight excluding hydrogens is 220 g/mol. The Balaban J connectivity index is 1.88. The lowest BCUT2D eigenvalue weighted by Crippen LogP contribution is -2.51. The van der Waals surface area contributed by atoms with E-state index in [-0.39, 0.29) is 0 Å². The molecule has 2 heteroatoms. The first-order valence-corrected chi connectivity index (χ1v) is 7.98. The normalized spacial score (nSPS) is 35.7. The van der Waals surface area contributed by atoms with Gasteiger partial charge in [0.25, 0.3) is 0 Å². The van der Waals surface area contributed by atoms with Crippen molar-refractivity contribution in [3.05, 3.63) is 0 Å². The van der Waals surface area contributed by atoms with Crippen molar-refractivity contribution in [2.75, 3.05) is 13.1 Å². The van der Waals surface area contributed by atoms with Gasteiger partial charge in [-0.1, -0.05) is 27.2 Å². The minimum absolute atomic E-state index is 0.500. The number of rotatable bonds is 2. The standard InChI is InChI=1S/C16H32N2/c1-16(2,3)13-7-9-14(10-8-13)18-11-5-4-6-15(18)12-17/h13-15H,4-12,17H2,1-3H3. The number of hydrogen-bond acceptors (Lipinski definition) is 2. The highest BCUT2D eigenvalue weighted by Crippen LogP contribution is 2.39. The predicted octanol–water partition coefficient (Wildman–Crippen LogP) is 3.40. The fourth-order valence-electron chi connectivity index (χ4n) is 4.03. The zero-order valence-electron chi connectivity index (χ0n) is 12.6. The molecule has 2 N–H and O–H groups in total. The average molecular weight is 252 g/mol. The summed E-state index contributed by atoms with van der Waals surface area (Å²) in [6, 6.07) is 1.51. The topological polar surface area (TPSA) is 29.3 Å². The SMILES string of the molecule is CC(C)(C)C1CCC(N2CCCCC2CN)CC1. The van der Waals surface area contributed by atoms with E-state index in [1.807, 2.05) is 0 Å². The monoisotopic (exact) mass is 252 g/mol. The largest absolute Gasteiger partial charge is 0.329 e. The molecule has 1 aliphatic heterocycles. The van der Waals surface area contributed by atoms with Gasteiger partial charge in [-0.05, 0) is 56.4 Å². The van der Waals surface area contributed by atoms with Crippen LogP contribution in [0.25, 0.3) is 0 Å². The van der Waals surface area contributed by atoms with E-state index in [9.17, 15) is 0 Å². The van der Waals surface area contributed by atoms with Gasteiger partial charge in [-0.15, -0.1) is 0 Å². The second kappa shape index (κ2) is 5.92. The van der Waals surface area contributed by atoms with Gasteiger partial charge in [-0.3, -0.25) is 4.90 Å². The first-order chi connectivity index (χ1) is 8.52. The van der Waals surface area contributed by atoms with Crippen LogP contribution in [0.4, 0.5) is 0 Å². The van der Waals surface area contributed by atoms with Crippen LogP contribution < -0.4 is 5.73 Å². The summed E-state index contributed by atoms with van der Waals surface area (Å²) in [5.74, 6) is 0.926. The van der Waals surface area contributed by atoms with Crippen LogP contribution >= 0.6 is 0 Å². The van der Waals surface area contributed by atoms with Crippen LogP contribution in [0.15, 0.2) is 0 Å². The molecule has 18 heavy (non-hydrogen) atoms. The Morgan fingerprint density at radius 1 is 1.00 bits per heavy atom. The molecule has 1 heterocycles. The fourth-order valence-corrected chi connectivity index (χ4v) is 4.03. The predicted molar refractivity (Wildman–Crippen MR) is 78.6 cm³/mol. The van der Waals surface area contributed by atoms with E-state index in [0.29, 0.717) is 11.5 Å². The fraction of sp³-hybridized carbons (Fsp3) is 1.00. The Morgan fingerprint density at radius 2 is 1.67 bits per heavy atom. The van der Waals surface area contributed by atoms with Crippen molar-refractivity contribution >= 4 is 0 Å². The maximum Gasteiger partial charge on any atom is 0.0221 e. The number of piperidine rings is 1. The average Bonchev–Trinajstić information content (AvgIpc) is 2.38. The summed E-state index contributed by atoms with van der Waals surface area (Å²) in [5.41, 5.74) is 6.46. The maximum atomic E-state index is 5.96. The Bertz CT molecular complexity index is 248. The summed E-state index contributed by atoms with van der Waals surface area (Å²) in [5, 5.41) is 0. The lowest BCUT2D eigenvalue weighted by molar-refractivity contribution is 0.0484. The summed E-state index contributed by atoms with van der Waals surface area (Å²) < 4.78 is 0. The van der Waals surface area contributed by atoms with Crippen molar-refractivity contribution in [2.24, 2.45) is 17.1 Å². The molecule has 0 aromatic rings. The van der Waals surface area contributed by atoms with Crippen LogP contribution in [0.5, 0.6) is 0 Å². The second-order valence-electron chi connectivity index (χ2n) is 7.49. The first kappa shape index (κ1) is 14.3. The van der Waals surface area contributed by atoms with E-state index >= 15 is 0 Å². The molecule has 0 amide bonds. The van der Waals surface area contributed by atoms with Gasteiger partial charge in [0.15, 0.2) is 0 Å². The van der Waals surface area contributed by atoms with Crippen LogP contribution in [0, 0.1) is 11.3 Å². The summed E-state index contributed by atoms with van der Waals surface area (Å²) >= 11 is 0. The quantitative estimate of drug-likeness (QED) is 0.816. The van der Waals surface area contributed by atoms with Gasteiger partial charge < -0.3 is 5.73 Å². The van der Waals surface area contributed by atoms with Crippen LogP contribution in [0.2, 0.25) is 0 Å². The molecule has 1 aliphatic carbocycles. The molecule has 0 radical (unpaired) electrons. The molecule has 106 valence electrons. The molecule has 2 fully saturated rings. The van der Waals surface area contributed by atoms with Crippen LogP contribution in [0.3, 0.4) is 0 Å². The van der Waals surface area contributed by atoms with E-state index in [1.165, 1.54) is 51.5 Å². The van der Waals surface area contributed by atoms with Crippen molar-refractivity contribution in [1.29, 1.82) is 0 Å². The van der Waals surface area contributed by atoms with Gasteiger partial charge in [0.05, 0.1) is 0 Å². The summed E-state index contributed by atoms with van der Waals surface area (Å²) in [4.78, 5) is 2.75. The number of nitrogens with two attached hydrogens (primary N) is 1. The van der Waals surface area contributed by atoms with Crippen molar-refractivity contribution < 1.29 is 0 Å². The summed E-state index contributed by atoms with van der Waals surface area (Å²) in [7, 11) is 0. The summed E-state index contributed by atoms with van der Waals surface area (Å²) in [6.07, 6.45) is 9.74. The van der Waals surface area contributed by atoms with E-state index in [2.05, 4.69) is 25.7 Å². The van der Waals surface area contributed by atoms with Crippen molar-refractivity contribution in [2.45, 2.75) is 77.8 Å². The maximum absolute atomic E-state index is 5.96. The molecule has 2 rings (SSSR count). The van der Waals surface area contributed by atoms with Crippen LogP contribution in [0.1, 0.15) is 65.7 Å². The van der Waals surface area contributed by atoms with E-state index in [0.717, 1.165) is 18.5 Å². The Labute approximate surface area is 113 Å². The smallest absolute Gasteiger partial charge is 0.0221 e. The van der Waals surface area contributed by atoms with Crippen molar-refractivity contribution in [3.63, 3.8) is 0 Å². The second-order valence-corrected chi connectivity index (χ2v) is 7.49. The number of hydrogen-bond donors (Lipinski definition) is 1. The minimum atomic E-state index is 0.500. The molecular formula is C16H32N2. The molecule has 1 saturated heterocycles. The third-order valence-electron chi connectivity index (χ3n) is 5.34. The third-order valence-corrected chi connectivity index (χ3v) is 5.34. The molecule has 0 aromatic carbocycles. The molecule has 0 bridgehead atoms. The Hall–Kier alpha value is -0.0800. The number of likely N-dealkylation sites (tertiary alicyclic amines) is 1. The van der Waals surface area contributed by atoms with Gasteiger partial charge >= 0.3 is 0 Å². The van der Waals surface area contributed by atoms with E-state index in [1.54, 1.807) is 0 Å². The van der Waals surface area contributed by atoms with Crippen molar-refractivity contribution in [3.8, 4) is 0 Å². The highest BCUT2D eigenvalue weighted by molar-refractivity contribution is 4.89. The molecule has 2 nitrogen and oxygen atoms in total. The molecule has 2 aliphatic rings. The molecule has 1 saturated carbocycles. The van der Waals surface area contributed by atoms with Gasteiger partial charge in [0.2, 0.25) is 0 Å². The zero-order chi connectivity index (χ0) is 13.2. The lowest BCUT2D eigenvalue weighted by Gasteiger charge is -2.45. The number of nitrogens with zero attached hydrogens (tertiary/aromatic N) is 1. The summed E-state index contributed by atoms with van der Waals surface area (Å²) in [6.45, 7) is 9.37. The molecule has 0 spiro atoms. The van der Waals surface area contributed by atoms with Gasteiger partial charge in [0, 0.05) is 18.6 Å². The third kappa shape index (κ3) is 3.27. The van der Waals surface area contributed by atoms with Gasteiger partial charge in [0.1, 0.15) is 0 Å². The molecule has 1 unspecified atom stereocenters. The highest BCUT2D eigenvalue weighted by Gasteiger charge is 2.34. The van der Waals surface area contributed by atoms with Gasteiger partial charge in [-0.25, -0.2) is 0 Å². The van der Waals surface area contributed by atoms with Crippen LogP contribution in [-0.4, -0.2) is 30.1 Å².